The number of nitrogens with one attached hydrogen (secondary N) is 1. The van der Waals surface area contributed by atoms with Crippen LogP contribution in [0.5, 0.6) is 0 Å². The average Bonchev–Trinajstić information content (AvgIpc) is 2.98. The summed E-state index contributed by atoms with van der Waals surface area (Å²) in [6.07, 6.45) is 0.598. The fraction of sp³-hybridized carbons (Fsp3) is 0.450. The molecule has 150 valence electrons. The van der Waals surface area contributed by atoms with Crippen LogP contribution in [0.25, 0.3) is 6.08 Å². The molecule has 1 aromatic rings. The van der Waals surface area contributed by atoms with Crippen molar-refractivity contribution in [1.29, 1.82) is 5.26 Å². The Bertz CT molecular complexity index is 911. The van der Waals surface area contributed by atoms with Gasteiger partial charge in [0.25, 0.3) is 5.91 Å². The van der Waals surface area contributed by atoms with Gasteiger partial charge in [-0.3, -0.25) is 4.79 Å². The fourth-order valence-electron chi connectivity index (χ4n) is 2.79. The van der Waals surface area contributed by atoms with Crippen molar-refractivity contribution in [1.82, 2.24) is 5.32 Å². The molecule has 7 nitrogen and oxygen atoms in total. The lowest BCUT2D eigenvalue weighted by Gasteiger charge is -2.16. The molecule has 0 aromatic heterocycles. The minimum Gasteiger partial charge on any atom is -0.448 e. The summed E-state index contributed by atoms with van der Waals surface area (Å²) in [5.41, 5.74) is 1.59. The number of nitriles is 1. The lowest BCUT2D eigenvalue weighted by Crippen LogP contribution is -2.42. The van der Waals surface area contributed by atoms with Crippen molar-refractivity contribution in [3.05, 3.63) is 41.0 Å². The maximum Gasteiger partial charge on any atom is 0.349 e. The maximum absolute atomic E-state index is 12.2. The number of nitrogens with zero attached hydrogens (tertiary/aromatic N) is 1. The van der Waals surface area contributed by atoms with Gasteiger partial charge in [0.2, 0.25) is 0 Å². The van der Waals surface area contributed by atoms with E-state index < -0.39 is 33.9 Å². The van der Waals surface area contributed by atoms with E-state index in [1.807, 2.05) is 12.1 Å². The van der Waals surface area contributed by atoms with Crippen LogP contribution in [0.15, 0.2) is 29.8 Å². The Kier molecular flexibility index (Phi) is 6.97. The highest BCUT2D eigenvalue weighted by atomic mass is 32.2. The second-order valence-corrected chi connectivity index (χ2v) is 9.38. The number of carbonyl (C=O) groups excluding carboxylic acids is 2. The predicted octanol–water partition coefficient (Wildman–Crippen LogP) is 1.95. The quantitative estimate of drug-likeness (QED) is 0.440. The van der Waals surface area contributed by atoms with E-state index in [9.17, 15) is 23.3 Å². The van der Waals surface area contributed by atoms with Crippen molar-refractivity contribution < 1.29 is 22.7 Å². The van der Waals surface area contributed by atoms with E-state index in [0.29, 0.717) is 17.9 Å². The Balaban J connectivity index is 1.98. The molecule has 0 spiro atoms. The van der Waals surface area contributed by atoms with Crippen molar-refractivity contribution in [3.8, 4) is 6.07 Å². The van der Waals surface area contributed by atoms with Crippen LogP contribution in [0, 0.1) is 11.3 Å². The van der Waals surface area contributed by atoms with Gasteiger partial charge >= 0.3 is 5.97 Å². The first kappa shape index (κ1) is 21.6. The third kappa shape index (κ3) is 5.92. The van der Waals surface area contributed by atoms with Gasteiger partial charge in [-0.2, -0.15) is 5.26 Å². The molecule has 1 amide bonds. The summed E-state index contributed by atoms with van der Waals surface area (Å²) in [7, 11) is -3.13. The SMILES string of the molecule is CC(C)c1ccc(/C=C(\C#N)C(=O)O[C@H](C)C(=O)N[C@@H]2CCS(=O)(=O)C2)cc1. The number of benzene rings is 1. The van der Waals surface area contributed by atoms with Gasteiger partial charge in [0.1, 0.15) is 11.6 Å². The molecule has 2 atom stereocenters. The van der Waals surface area contributed by atoms with Crippen LogP contribution < -0.4 is 5.32 Å². The van der Waals surface area contributed by atoms with Gasteiger partial charge in [-0.1, -0.05) is 38.1 Å². The van der Waals surface area contributed by atoms with Crippen molar-refractivity contribution in [2.24, 2.45) is 0 Å². The Labute approximate surface area is 165 Å². The molecule has 0 saturated carbocycles. The lowest BCUT2D eigenvalue weighted by molar-refractivity contribution is -0.150. The normalized spacial score (nSPS) is 19.7. The third-order valence-electron chi connectivity index (χ3n) is 4.49. The first-order valence-corrected chi connectivity index (χ1v) is 10.9. The van der Waals surface area contributed by atoms with Crippen molar-refractivity contribution in [2.75, 3.05) is 11.5 Å². The lowest BCUT2D eigenvalue weighted by atomic mass is 10.0. The first-order chi connectivity index (χ1) is 13.1. The zero-order valence-electron chi connectivity index (χ0n) is 16.1. The molecule has 1 fully saturated rings. The topological polar surface area (TPSA) is 113 Å². The Morgan fingerprint density at radius 1 is 1.25 bits per heavy atom. The summed E-state index contributed by atoms with van der Waals surface area (Å²) >= 11 is 0. The van der Waals surface area contributed by atoms with E-state index >= 15 is 0 Å². The van der Waals surface area contributed by atoms with Crippen LogP contribution in [0.1, 0.15) is 44.2 Å². The number of sulfone groups is 1. The predicted molar refractivity (Wildman–Crippen MR) is 105 cm³/mol. The molecule has 1 saturated heterocycles. The standard InChI is InChI=1S/C20H24N2O5S/c1-13(2)16-6-4-15(5-7-16)10-17(11-21)20(24)27-14(3)19(23)22-18-8-9-28(25,26)12-18/h4-7,10,13-14,18H,8-9,12H2,1-3H3,(H,22,23)/b17-10+/t14-,18-/m1/s1. The third-order valence-corrected chi connectivity index (χ3v) is 6.25. The second kappa shape index (κ2) is 9.02. The van der Waals surface area contributed by atoms with E-state index in [1.165, 1.54) is 13.0 Å². The number of ether oxygens (including phenoxy) is 1. The molecule has 1 aliphatic rings. The van der Waals surface area contributed by atoms with Crippen molar-refractivity contribution >= 4 is 27.8 Å². The van der Waals surface area contributed by atoms with Gasteiger partial charge in [-0.15, -0.1) is 0 Å². The molecule has 0 unspecified atom stereocenters. The minimum absolute atomic E-state index is 0.0308. The van der Waals surface area contributed by atoms with Gasteiger partial charge < -0.3 is 10.1 Å². The Morgan fingerprint density at radius 2 is 1.89 bits per heavy atom. The molecule has 8 heteroatoms. The van der Waals surface area contributed by atoms with Gasteiger partial charge in [0.05, 0.1) is 11.5 Å². The van der Waals surface area contributed by atoms with Gasteiger partial charge in [0, 0.05) is 6.04 Å². The highest BCUT2D eigenvalue weighted by Crippen LogP contribution is 2.17. The molecule has 28 heavy (non-hydrogen) atoms. The minimum atomic E-state index is -3.13. The van der Waals surface area contributed by atoms with Gasteiger partial charge in [-0.25, -0.2) is 13.2 Å². The van der Waals surface area contributed by atoms with Crippen LogP contribution in [0.2, 0.25) is 0 Å². The summed E-state index contributed by atoms with van der Waals surface area (Å²) in [5, 5.41) is 11.8. The number of amides is 1. The number of esters is 1. The fourth-order valence-corrected chi connectivity index (χ4v) is 4.46. The Hall–Kier alpha value is -2.66. The first-order valence-electron chi connectivity index (χ1n) is 9.05. The highest BCUT2D eigenvalue weighted by Gasteiger charge is 2.31. The number of hydrogen-bond acceptors (Lipinski definition) is 6. The van der Waals surface area contributed by atoms with E-state index in [2.05, 4.69) is 19.2 Å². The Morgan fingerprint density at radius 3 is 2.39 bits per heavy atom. The maximum atomic E-state index is 12.2. The molecule has 1 aromatic carbocycles. The average molecular weight is 404 g/mol. The largest absolute Gasteiger partial charge is 0.448 e. The summed E-state index contributed by atoms with van der Waals surface area (Å²) in [6, 6.07) is 8.75. The van der Waals surface area contributed by atoms with Crippen LogP contribution >= 0.6 is 0 Å². The smallest absolute Gasteiger partial charge is 0.349 e. The number of carbonyl (C=O) groups is 2. The van der Waals surface area contributed by atoms with Gasteiger partial charge in [-0.05, 0) is 36.5 Å². The molecule has 2 rings (SSSR count). The highest BCUT2D eigenvalue weighted by molar-refractivity contribution is 7.91. The van der Waals surface area contributed by atoms with E-state index in [1.54, 1.807) is 18.2 Å². The summed E-state index contributed by atoms with van der Waals surface area (Å²) in [6.45, 7) is 5.51. The van der Waals surface area contributed by atoms with Crippen molar-refractivity contribution in [3.63, 3.8) is 0 Å². The van der Waals surface area contributed by atoms with Crippen LogP contribution in [-0.4, -0.2) is 43.9 Å². The molecule has 0 aliphatic carbocycles. The summed E-state index contributed by atoms with van der Waals surface area (Å²) in [5.74, 6) is -1.21. The van der Waals surface area contributed by atoms with Crippen LogP contribution in [-0.2, 0) is 24.2 Å². The summed E-state index contributed by atoms with van der Waals surface area (Å²) in [4.78, 5) is 24.4. The zero-order valence-corrected chi connectivity index (χ0v) is 17.0. The molecule has 1 heterocycles. The summed E-state index contributed by atoms with van der Waals surface area (Å²) < 4.78 is 28.0. The molecular formula is C20H24N2O5S. The van der Waals surface area contributed by atoms with E-state index in [-0.39, 0.29) is 17.1 Å². The van der Waals surface area contributed by atoms with Crippen LogP contribution in [0.3, 0.4) is 0 Å². The van der Waals surface area contributed by atoms with Gasteiger partial charge in [0.15, 0.2) is 15.9 Å². The second-order valence-electron chi connectivity index (χ2n) is 7.15. The van der Waals surface area contributed by atoms with Crippen molar-refractivity contribution in [2.45, 2.75) is 45.3 Å². The van der Waals surface area contributed by atoms with E-state index in [4.69, 9.17) is 4.74 Å². The molecule has 0 radical (unpaired) electrons. The number of rotatable bonds is 6. The molecular weight excluding hydrogens is 380 g/mol. The van der Waals surface area contributed by atoms with Crippen LogP contribution in [0.4, 0.5) is 0 Å². The molecule has 1 aliphatic heterocycles. The van der Waals surface area contributed by atoms with E-state index in [0.717, 1.165) is 5.56 Å². The number of hydrogen-bond donors (Lipinski definition) is 1. The zero-order chi connectivity index (χ0) is 20.9. The molecule has 0 bridgehead atoms. The monoisotopic (exact) mass is 404 g/mol. The molecule has 1 N–H and O–H groups in total.